The van der Waals surface area contributed by atoms with E-state index in [9.17, 15) is 35.2 Å². The quantitative estimate of drug-likeness (QED) is 0.102. The molecule has 4 aromatic carbocycles. The normalized spacial score (nSPS) is 25.0. The number of rotatable bonds is 16. The van der Waals surface area contributed by atoms with E-state index in [1.54, 1.807) is 114 Å². The summed E-state index contributed by atoms with van der Waals surface area (Å²) in [6, 6.07) is 19.6. The van der Waals surface area contributed by atoms with Gasteiger partial charge in [0, 0.05) is 35.0 Å². The van der Waals surface area contributed by atoms with Gasteiger partial charge in [-0.1, -0.05) is 107 Å². The van der Waals surface area contributed by atoms with Crippen LogP contribution in [0.2, 0.25) is 20.1 Å². The number of amides is 2. The third kappa shape index (κ3) is 13.7. The highest BCUT2D eigenvalue weighted by atomic mass is 35.5. The van der Waals surface area contributed by atoms with Crippen molar-refractivity contribution in [3.8, 4) is 0 Å². The molecule has 2 aliphatic heterocycles. The highest BCUT2D eigenvalue weighted by molar-refractivity contribution is 7.93. The minimum Gasteiger partial charge on any atom is -0.393 e. The van der Waals surface area contributed by atoms with Crippen LogP contribution in [0.25, 0.3) is 0 Å². The summed E-state index contributed by atoms with van der Waals surface area (Å²) in [5.74, 6) is -2.79. The Hall–Kier alpha value is -3.56. The van der Waals surface area contributed by atoms with Gasteiger partial charge >= 0.3 is 0 Å². The van der Waals surface area contributed by atoms with Gasteiger partial charge in [-0.15, -0.1) is 0 Å². The first kappa shape index (κ1) is 62.0. The maximum atomic E-state index is 14.8. The Bertz CT molecular complexity index is 3000. The first-order chi connectivity index (χ1) is 36.1. The van der Waals surface area contributed by atoms with E-state index in [1.807, 2.05) is 12.1 Å². The van der Waals surface area contributed by atoms with Crippen LogP contribution in [0.4, 0.5) is 8.78 Å². The first-order valence-corrected chi connectivity index (χ1v) is 31.1. The molecule has 2 saturated carbocycles. The SMILES string of the molecule is CC(C)(C)S(=O)(=O)C[C@H](C1CC1)N1C(=O)[C@@](C)(CC(N)=S)O[C@H](c2cccc(Cl)c2)C1c1ccc(Cl)c(F)c1.CC(C)(C)S(=O)(=O)C[C@H](C1CC1)N1C(=O)[C@](C)(CC(N)=S)O[C@H](c2cccc(Cl)c2)C1c1ccc(Cl)c(F)c1. The Morgan fingerprint density at radius 1 is 0.603 bits per heavy atom. The zero-order valence-corrected chi connectivity index (χ0v) is 50.9. The summed E-state index contributed by atoms with van der Waals surface area (Å²) >= 11 is 35.1. The predicted octanol–water partition coefficient (Wildman–Crippen LogP) is 12.4. The zero-order valence-electron chi connectivity index (χ0n) is 44.6. The van der Waals surface area contributed by atoms with Crippen molar-refractivity contribution in [2.75, 3.05) is 11.5 Å². The third-order valence-corrected chi connectivity index (χ3v) is 21.6. The highest BCUT2D eigenvalue weighted by Gasteiger charge is 2.58. The van der Waals surface area contributed by atoms with Gasteiger partial charge in [0.05, 0.1) is 53.1 Å². The second-order valence-corrected chi connectivity index (χ2v) is 31.5. The molecule has 12 nitrogen and oxygen atoms in total. The molecule has 2 aliphatic carbocycles. The smallest absolute Gasteiger partial charge is 0.255 e. The summed E-state index contributed by atoms with van der Waals surface area (Å²) in [5, 5.41) is 0.761. The van der Waals surface area contributed by atoms with E-state index in [-0.39, 0.29) is 56.2 Å². The van der Waals surface area contributed by atoms with Crippen LogP contribution in [0.1, 0.15) is 140 Å². The van der Waals surface area contributed by atoms with Crippen LogP contribution in [0.15, 0.2) is 84.9 Å². The number of sulfone groups is 2. The van der Waals surface area contributed by atoms with Crippen molar-refractivity contribution in [3.63, 3.8) is 0 Å². The van der Waals surface area contributed by atoms with Crippen molar-refractivity contribution in [3.05, 3.63) is 139 Å². The van der Waals surface area contributed by atoms with Crippen LogP contribution in [-0.4, -0.2) is 92.7 Å². The molecule has 4 aliphatic rings. The second-order valence-electron chi connectivity index (χ2n) is 23.2. The molecular weight excluding hydrogens is 1160 g/mol. The number of thiocarbonyl (C=S) groups is 2. The molecule has 424 valence electrons. The number of benzene rings is 4. The summed E-state index contributed by atoms with van der Waals surface area (Å²) < 4.78 is 94.8. The van der Waals surface area contributed by atoms with Gasteiger partial charge in [0.15, 0.2) is 30.9 Å². The molecule has 8 rings (SSSR count). The zero-order chi connectivity index (χ0) is 57.8. The molecule has 4 aromatic rings. The molecule has 0 spiro atoms. The topological polar surface area (TPSA) is 179 Å². The fourth-order valence-corrected chi connectivity index (χ4v) is 14.2. The number of hydrogen-bond donors (Lipinski definition) is 2. The van der Waals surface area contributed by atoms with E-state index in [4.69, 9.17) is 91.8 Å². The minimum absolute atomic E-state index is 0.0436. The fourth-order valence-electron chi connectivity index (χ4n) is 10.2. The summed E-state index contributed by atoms with van der Waals surface area (Å²) in [6.45, 7) is 13.1. The first-order valence-electron chi connectivity index (χ1n) is 25.5. The predicted molar refractivity (Wildman–Crippen MR) is 312 cm³/mol. The molecule has 0 radical (unpaired) electrons. The third-order valence-electron chi connectivity index (χ3n) is 15.0. The largest absolute Gasteiger partial charge is 0.393 e. The van der Waals surface area contributed by atoms with E-state index in [0.29, 0.717) is 32.3 Å². The molecule has 4 fully saturated rings. The lowest BCUT2D eigenvalue weighted by molar-refractivity contribution is -0.201. The number of nitrogens with two attached hydrogens (primary N) is 2. The lowest BCUT2D eigenvalue weighted by atomic mass is 9.85. The Morgan fingerprint density at radius 2 is 0.936 bits per heavy atom. The van der Waals surface area contributed by atoms with Gasteiger partial charge in [0.25, 0.3) is 11.8 Å². The molecule has 2 saturated heterocycles. The standard InChI is InChI=1S/2C28H33Cl2FN2O4S2/c2*1-27(2,3)39(35,36)15-22(16-8-9-16)33-24(17-10-11-20(30)21(31)13-17)25(18-6-5-7-19(29)12-18)37-28(4,26(33)34)14-23(32)38/h2*5-7,10-13,16,22,24-25H,8-9,14-15H2,1-4H3,(H2,32,38)/t22-,24?,25-,28+;22-,24?,25-,28-/m11/s1. The highest BCUT2D eigenvalue weighted by Crippen LogP contribution is 2.53. The van der Waals surface area contributed by atoms with Gasteiger partial charge < -0.3 is 30.7 Å². The van der Waals surface area contributed by atoms with Crippen LogP contribution >= 0.6 is 70.8 Å². The maximum absolute atomic E-state index is 14.8. The average molecular weight is 1230 g/mol. The maximum Gasteiger partial charge on any atom is 0.255 e. The van der Waals surface area contributed by atoms with E-state index in [1.165, 1.54) is 24.3 Å². The molecule has 2 heterocycles. The average Bonchev–Trinajstić information content (AvgIpc) is 4.40. The Balaban J connectivity index is 0.000000226. The Labute approximate surface area is 488 Å². The van der Waals surface area contributed by atoms with Gasteiger partial charge in [-0.2, -0.15) is 0 Å². The number of halogens is 6. The van der Waals surface area contributed by atoms with Crippen molar-refractivity contribution in [1.82, 2.24) is 9.80 Å². The van der Waals surface area contributed by atoms with E-state index < -0.39 is 100 Å². The van der Waals surface area contributed by atoms with Crippen LogP contribution in [-0.2, 0) is 38.7 Å². The Kier molecular flexibility index (Phi) is 18.6. The summed E-state index contributed by atoms with van der Waals surface area (Å²) in [5.41, 5.74) is 11.0. The van der Waals surface area contributed by atoms with Crippen LogP contribution in [0.5, 0.6) is 0 Å². The van der Waals surface area contributed by atoms with Crippen LogP contribution < -0.4 is 11.5 Å². The second kappa shape index (κ2) is 23.4. The molecule has 2 unspecified atom stereocenters. The molecule has 78 heavy (non-hydrogen) atoms. The van der Waals surface area contributed by atoms with Gasteiger partial charge in [-0.05, 0) is 164 Å². The molecule has 0 bridgehead atoms. The van der Waals surface area contributed by atoms with Crippen molar-refractivity contribution < 1.29 is 44.7 Å². The lowest BCUT2D eigenvalue weighted by Gasteiger charge is -2.52. The summed E-state index contributed by atoms with van der Waals surface area (Å²) in [6.07, 6.45) is 1.30. The number of carbonyl (C=O) groups excluding carboxylic acids is 2. The van der Waals surface area contributed by atoms with Crippen molar-refractivity contribution in [2.45, 2.75) is 151 Å². The number of ether oxygens (including phenoxy) is 2. The summed E-state index contributed by atoms with van der Waals surface area (Å²) in [7, 11) is -7.29. The number of carbonyl (C=O) groups is 2. The van der Waals surface area contributed by atoms with Crippen molar-refractivity contribution in [1.29, 1.82) is 0 Å². The molecule has 0 aromatic heterocycles. The van der Waals surface area contributed by atoms with Crippen molar-refractivity contribution >= 4 is 112 Å². The van der Waals surface area contributed by atoms with Gasteiger partial charge in [0.1, 0.15) is 23.8 Å². The number of hydrogen-bond acceptors (Lipinski definition) is 10. The van der Waals surface area contributed by atoms with E-state index in [2.05, 4.69) is 0 Å². The van der Waals surface area contributed by atoms with Crippen LogP contribution in [0, 0.1) is 23.5 Å². The summed E-state index contributed by atoms with van der Waals surface area (Å²) in [4.78, 5) is 32.2. The van der Waals surface area contributed by atoms with Gasteiger partial charge in [-0.3, -0.25) is 9.59 Å². The number of nitrogens with zero attached hydrogens (tertiary/aromatic N) is 2. The number of morpholine rings is 2. The molecule has 2 amide bonds. The van der Waals surface area contributed by atoms with Crippen molar-refractivity contribution in [2.24, 2.45) is 23.3 Å². The van der Waals surface area contributed by atoms with E-state index >= 15 is 0 Å². The molecular formula is C56H66Cl4F2N4O8S4. The fraction of sp³-hybridized carbons (Fsp3) is 0.500. The van der Waals surface area contributed by atoms with Gasteiger partial charge in [0.2, 0.25) is 0 Å². The monoisotopic (exact) mass is 1230 g/mol. The van der Waals surface area contributed by atoms with Gasteiger partial charge in [-0.25, -0.2) is 25.6 Å². The molecule has 8 atom stereocenters. The van der Waals surface area contributed by atoms with E-state index in [0.717, 1.165) is 25.7 Å². The molecule has 22 heteroatoms. The van der Waals surface area contributed by atoms with Crippen LogP contribution in [0.3, 0.4) is 0 Å². The minimum atomic E-state index is -3.65. The molecule has 4 N–H and O–H groups in total. The Morgan fingerprint density at radius 3 is 1.21 bits per heavy atom. The lowest BCUT2D eigenvalue weighted by Crippen LogP contribution is -2.62.